The molecule has 1 amide bonds. The van der Waals surface area contributed by atoms with Crippen molar-refractivity contribution >= 4 is 29.1 Å². The Morgan fingerprint density at radius 3 is 2.37 bits per heavy atom. The van der Waals surface area contributed by atoms with Crippen LogP contribution >= 0.6 is 11.6 Å². The van der Waals surface area contributed by atoms with Crippen LogP contribution in [0.15, 0.2) is 54.9 Å². The van der Waals surface area contributed by atoms with Crippen LogP contribution in [0.25, 0.3) is 0 Å². The fourth-order valence-electron chi connectivity index (χ4n) is 2.29. The van der Waals surface area contributed by atoms with Gasteiger partial charge in [0.2, 0.25) is 5.95 Å². The zero-order valence-electron chi connectivity index (χ0n) is 14.0. The molecule has 0 atom stereocenters. The zero-order valence-corrected chi connectivity index (χ0v) is 14.8. The Balaban J connectivity index is 1.53. The molecule has 0 saturated heterocycles. The summed E-state index contributed by atoms with van der Waals surface area (Å²) in [4.78, 5) is 20.1. The highest BCUT2D eigenvalue weighted by Crippen LogP contribution is 2.16. The Bertz CT molecular complexity index is 933. The molecule has 2 N–H and O–H groups in total. The molecule has 8 heteroatoms. The molecule has 3 aromatic rings. The molecule has 2 aromatic carbocycles. The molecule has 0 aliphatic rings. The number of rotatable bonds is 6. The van der Waals surface area contributed by atoms with Crippen LogP contribution in [-0.2, 0) is 6.42 Å². The van der Waals surface area contributed by atoms with Gasteiger partial charge < -0.3 is 10.6 Å². The molecule has 0 spiro atoms. The van der Waals surface area contributed by atoms with Crippen molar-refractivity contribution in [2.45, 2.75) is 6.42 Å². The normalized spacial score (nSPS) is 10.5. The third-order valence-corrected chi connectivity index (χ3v) is 3.95. The molecule has 0 radical (unpaired) electrons. The van der Waals surface area contributed by atoms with Gasteiger partial charge in [0.1, 0.15) is 0 Å². The lowest BCUT2D eigenvalue weighted by atomic mass is 10.1. The molecular formula is C19H15ClF2N4O. The Labute approximate surface area is 159 Å². The van der Waals surface area contributed by atoms with Crippen LogP contribution in [0.3, 0.4) is 0 Å². The highest BCUT2D eigenvalue weighted by molar-refractivity contribution is 6.30. The first-order valence-corrected chi connectivity index (χ1v) is 8.46. The minimum absolute atomic E-state index is 0.165. The monoisotopic (exact) mass is 388 g/mol. The number of hydrogen-bond donors (Lipinski definition) is 2. The Kier molecular flexibility index (Phi) is 5.93. The van der Waals surface area contributed by atoms with Crippen LogP contribution in [0, 0.1) is 11.6 Å². The number of halogens is 3. The lowest BCUT2D eigenvalue weighted by Crippen LogP contribution is -2.26. The van der Waals surface area contributed by atoms with E-state index in [1.165, 1.54) is 18.5 Å². The lowest BCUT2D eigenvalue weighted by molar-refractivity contribution is 0.0953. The fraction of sp³-hybridized carbons (Fsp3) is 0.105. The standard InChI is InChI=1S/C19H15ClF2N4O/c20-14-3-1-12(2-4-14)7-8-23-18(27)13-10-24-19(25-11-13)26-15-5-6-16(21)17(22)9-15/h1-6,9-11H,7-8H2,(H,23,27)(H,24,25,26). The van der Waals surface area contributed by atoms with E-state index in [9.17, 15) is 13.6 Å². The van der Waals surface area contributed by atoms with E-state index >= 15 is 0 Å². The summed E-state index contributed by atoms with van der Waals surface area (Å²) < 4.78 is 26.1. The molecule has 1 aromatic heterocycles. The number of carbonyl (C=O) groups excluding carboxylic acids is 1. The number of carbonyl (C=O) groups is 1. The van der Waals surface area contributed by atoms with Crippen molar-refractivity contribution in [2.75, 3.05) is 11.9 Å². The van der Waals surface area contributed by atoms with Crippen LogP contribution in [0.4, 0.5) is 20.4 Å². The van der Waals surface area contributed by atoms with Gasteiger partial charge in [0.25, 0.3) is 5.91 Å². The van der Waals surface area contributed by atoms with Crippen LogP contribution in [0.1, 0.15) is 15.9 Å². The summed E-state index contributed by atoms with van der Waals surface area (Å²) in [5, 5.41) is 6.18. The molecule has 0 bridgehead atoms. The van der Waals surface area contributed by atoms with E-state index in [2.05, 4.69) is 20.6 Å². The number of hydrogen-bond acceptors (Lipinski definition) is 4. The van der Waals surface area contributed by atoms with Gasteiger partial charge in [0.05, 0.1) is 5.56 Å². The highest BCUT2D eigenvalue weighted by Gasteiger charge is 2.08. The van der Waals surface area contributed by atoms with E-state index in [4.69, 9.17) is 11.6 Å². The summed E-state index contributed by atoms with van der Waals surface area (Å²) in [5.74, 6) is -2.05. The van der Waals surface area contributed by atoms with Crippen molar-refractivity contribution in [2.24, 2.45) is 0 Å². The van der Waals surface area contributed by atoms with Gasteiger partial charge in [-0.3, -0.25) is 4.79 Å². The summed E-state index contributed by atoms with van der Waals surface area (Å²) in [6.07, 6.45) is 3.37. The van der Waals surface area contributed by atoms with E-state index in [-0.39, 0.29) is 11.9 Å². The van der Waals surface area contributed by atoms with E-state index in [0.29, 0.717) is 29.2 Å². The van der Waals surface area contributed by atoms with Crippen LogP contribution < -0.4 is 10.6 Å². The molecule has 27 heavy (non-hydrogen) atoms. The maximum Gasteiger partial charge on any atom is 0.254 e. The molecule has 0 unspecified atom stereocenters. The van der Waals surface area contributed by atoms with E-state index in [1.807, 2.05) is 12.1 Å². The molecular weight excluding hydrogens is 374 g/mol. The molecule has 138 valence electrons. The molecule has 0 aliphatic heterocycles. The number of nitrogens with zero attached hydrogens (tertiary/aromatic N) is 2. The number of nitrogens with one attached hydrogen (secondary N) is 2. The van der Waals surface area contributed by atoms with Gasteiger partial charge in [-0.1, -0.05) is 23.7 Å². The Morgan fingerprint density at radius 1 is 1.00 bits per heavy atom. The summed E-state index contributed by atoms with van der Waals surface area (Å²) in [6, 6.07) is 10.7. The van der Waals surface area contributed by atoms with Crippen molar-refractivity contribution < 1.29 is 13.6 Å². The topological polar surface area (TPSA) is 66.9 Å². The predicted molar refractivity (Wildman–Crippen MR) is 99.2 cm³/mol. The zero-order chi connectivity index (χ0) is 19.2. The largest absolute Gasteiger partial charge is 0.352 e. The van der Waals surface area contributed by atoms with E-state index in [0.717, 1.165) is 17.7 Å². The van der Waals surface area contributed by atoms with Crippen LogP contribution in [0.2, 0.25) is 5.02 Å². The minimum Gasteiger partial charge on any atom is -0.352 e. The minimum atomic E-state index is -0.975. The average molecular weight is 389 g/mol. The van der Waals surface area contributed by atoms with Crippen LogP contribution in [0.5, 0.6) is 0 Å². The van der Waals surface area contributed by atoms with Gasteiger partial charge in [-0.25, -0.2) is 18.7 Å². The lowest BCUT2D eigenvalue weighted by Gasteiger charge is -2.07. The quantitative estimate of drug-likeness (QED) is 0.666. The summed E-state index contributed by atoms with van der Waals surface area (Å²) in [6.45, 7) is 0.454. The van der Waals surface area contributed by atoms with Crippen molar-refractivity contribution in [3.63, 3.8) is 0 Å². The molecule has 0 aliphatic carbocycles. The van der Waals surface area contributed by atoms with Crippen molar-refractivity contribution in [3.8, 4) is 0 Å². The number of benzene rings is 2. The van der Waals surface area contributed by atoms with Crippen molar-refractivity contribution in [3.05, 3.63) is 82.6 Å². The van der Waals surface area contributed by atoms with Crippen molar-refractivity contribution in [1.82, 2.24) is 15.3 Å². The first-order valence-electron chi connectivity index (χ1n) is 8.08. The van der Waals surface area contributed by atoms with Gasteiger partial charge in [0.15, 0.2) is 11.6 Å². The first kappa shape index (κ1) is 18.7. The van der Waals surface area contributed by atoms with E-state index < -0.39 is 11.6 Å². The maximum absolute atomic E-state index is 13.2. The average Bonchev–Trinajstić information content (AvgIpc) is 2.67. The van der Waals surface area contributed by atoms with Gasteiger partial charge in [-0.2, -0.15) is 0 Å². The van der Waals surface area contributed by atoms with Crippen LogP contribution in [-0.4, -0.2) is 22.4 Å². The summed E-state index contributed by atoms with van der Waals surface area (Å²) in [7, 11) is 0. The summed E-state index contributed by atoms with van der Waals surface area (Å²) in [5.41, 5.74) is 1.65. The third kappa shape index (κ3) is 5.21. The Hall–Kier alpha value is -3.06. The summed E-state index contributed by atoms with van der Waals surface area (Å²) >= 11 is 5.83. The fourth-order valence-corrected chi connectivity index (χ4v) is 2.41. The number of aromatic nitrogens is 2. The third-order valence-electron chi connectivity index (χ3n) is 3.70. The molecule has 3 rings (SSSR count). The highest BCUT2D eigenvalue weighted by atomic mass is 35.5. The SMILES string of the molecule is O=C(NCCc1ccc(Cl)cc1)c1cnc(Nc2ccc(F)c(F)c2)nc1. The predicted octanol–water partition coefficient (Wildman–Crippen LogP) is 4.12. The smallest absolute Gasteiger partial charge is 0.254 e. The second-order valence-corrected chi connectivity index (χ2v) is 6.12. The number of anilines is 2. The first-order chi connectivity index (χ1) is 13.0. The molecule has 5 nitrogen and oxygen atoms in total. The molecule has 0 saturated carbocycles. The Morgan fingerprint density at radius 2 is 1.70 bits per heavy atom. The van der Waals surface area contributed by atoms with Gasteiger partial charge >= 0.3 is 0 Å². The molecule has 0 fully saturated rings. The van der Waals surface area contributed by atoms with Gasteiger partial charge in [-0.05, 0) is 36.2 Å². The van der Waals surface area contributed by atoms with Crippen molar-refractivity contribution in [1.29, 1.82) is 0 Å². The van der Waals surface area contributed by atoms with Gasteiger partial charge in [0, 0.05) is 35.7 Å². The second-order valence-electron chi connectivity index (χ2n) is 5.68. The maximum atomic E-state index is 13.2. The number of amides is 1. The second kappa shape index (κ2) is 8.55. The van der Waals surface area contributed by atoms with E-state index in [1.54, 1.807) is 12.1 Å². The molecule has 1 heterocycles. The van der Waals surface area contributed by atoms with Gasteiger partial charge in [-0.15, -0.1) is 0 Å².